The van der Waals surface area contributed by atoms with Crippen LogP contribution >= 0.6 is 11.6 Å². The Labute approximate surface area is 194 Å². The Bertz CT molecular complexity index is 902. The van der Waals surface area contributed by atoms with E-state index in [1.807, 2.05) is 13.0 Å². The summed E-state index contributed by atoms with van der Waals surface area (Å²) < 4.78 is 11.0. The average molecular weight is 460 g/mol. The molecule has 0 spiro atoms. The quantitative estimate of drug-likeness (QED) is 0.547. The lowest BCUT2D eigenvalue weighted by Crippen LogP contribution is -2.48. The van der Waals surface area contributed by atoms with Crippen molar-refractivity contribution in [3.63, 3.8) is 0 Å². The molecule has 0 saturated carbocycles. The molecule has 0 aliphatic carbocycles. The summed E-state index contributed by atoms with van der Waals surface area (Å²) in [6.07, 6.45) is 7.61. The van der Waals surface area contributed by atoms with Crippen LogP contribution in [0.2, 0.25) is 5.02 Å². The molecule has 1 fully saturated rings. The van der Waals surface area contributed by atoms with Crippen molar-refractivity contribution in [3.8, 4) is 11.5 Å². The molecule has 1 saturated heterocycles. The molecule has 0 radical (unpaired) electrons. The van der Waals surface area contributed by atoms with E-state index in [9.17, 15) is 4.79 Å². The van der Waals surface area contributed by atoms with Gasteiger partial charge >= 0.3 is 0 Å². The third kappa shape index (κ3) is 6.83. The van der Waals surface area contributed by atoms with Crippen LogP contribution in [0.25, 0.3) is 6.08 Å². The zero-order valence-electron chi connectivity index (χ0n) is 18.6. The number of amides is 1. The van der Waals surface area contributed by atoms with Crippen molar-refractivity contribution in [3.05, 3.63) is 47.3 Å². The van der Waals surface area contributed by atoms with Gasteiger partial charge in [-0.2, -0.15) is 0 Å². The maximum absolute atomic E-state index is 12.2. The first kappa shape index (κ1) is 23.8. The van der Waals surface area contributed by atoms with Gasteiger partial charge in [-0.25, -0.2) is 9.97 Å². The first-order valence-corrected chi connectivity index (χ1v) is 11.2. The van der Waals surface area contributed by atoms with Gasteiger partial charge in [0.15, 0.2) is 11.5 Å². The Kier molecular flexibility index (Phi) is 9.13. The zero-order chi connectivity index (χ0) is 22.8. The molecule has 2 heterocycles. The molecule has 8 nitrogen and oxygen atoms in total. The smallest absolute Gasteiger partial charge is 0.244 e. The molecule has 0 atom stereocenters. The van der Waals surface area contributed by atoms with Gasteiger partial charge in [-0.15, -0.1) is 0 Å². The highest BCUT2D eigenvalue weighted by atomic mass is 35.5. The van der Waals surface area contributed by atoms with Gasteiger partial charge in [0.25, 0.3) is 0 Å². The van der Waals surface area contributed by atoms with Crippen molar-refractivity contribution in [2.45, 2.75) is 13.3 Å². The van der Waals surface area contributed by atoms with Crippen LogP contribution in [0.4, 0.5) is 5.95 Å². The highest BCUT2D eigenvalue weighted by Crippen LogP contribution is 2.36. The summed E-state index contributed by atoms with van der Waals surface area (Å²) in [5.41, 5.74) is 0.769. The van der Waals surface area contributed by atoms with Crippen molar-refractivity contribution in [1.82, 2.24) is 20.2 Å². The summed E-state index contributed by atoms with van der Waals surface area (Å²) >= 11 is 6.33. The van der Waals surface area contributed by atoms with Crippen LogP contribution in [-0.2, 0) is 4.79 Å². The number of methoxy groups -OCH3 is 1. The van der Waals surface area contributed by atoms with Gasteiger partial charge in [-0.1, -0.05) is 18.5 Å². The third-order valence-electron chi connectivity index (χ3n) is 5.06. The van der Waals surface area contributed by atoms with E-state index in [1.165, 1.54) is 6.08 Å². The van der Waals surface area contributed by atoms with Gasteiger partial charge in [0, 0.05) is 57.7 Å². The van der Waals surface area contributed by atoms with E-state index in [0.717, 1.165) is 50.7 Å². The number of hydrogen-bond acceptors (Lipinski definition) is 7. The van der Waals surface area contributed by atoms with Gasteiger partial charge in [0.1, 0.15) is 0 Å². The molecular formula is C23H30ClN5O3. The van der Waals surface area contributed by atoms with Gasteiger partial charge in [0.2, 0.25) is 11.9 Å². The highest BCUT2D eigenvalue weighted by molar-refractivity contribution is 6.32. The standard InChI is InChI=1S/C23H30ClN5O3/c1-3-15-32-22-19(24)16-18(17-20(22)31-2)5-6-21(30)25-9-10-28-11-13-29(14-12-28)23-26-7-4-8-27-23/h4-8,16-17H,3,9-15H2,1-2H3,(H,25,30)/b6-5+. The topological polar surface area (TPSA) is 79.8 Å². The normalized spacial score (nSPS) is 14.5. The molecule has 3 rings (SSSR count). The van der Waals surface area contributed by atoms with Crippen LogP contribution in [-0.4, -0.2) is 73.8 Å². The molecule has 1 aromatic carbocycles. The van der Waals surface area contributed by atoms with Crippen LogP contribution in [0.1, 0.15) is 18.9 Å². The van der Waals surface area contributed by atoms with E-state index in [2.05, 4.69) is 25.1 Å². The number of nitrogens with zero attached hydrogens (tertiary/aromatic N) is 4. The number of nitrogens with one attached hydrogen (secondary N) is 1. The summed E-state index contributed by atoms with van der Waals surface area (Å²) in [5.74, 6) is 1.69. The second-order valence-electron chi connectivity index (χ2n) is 7.38. The number of hydrogen-bond donors (Lipinski definition) is 1. The van der Waals surface area contributed by atoms with Crippen LogP contribution in [0.15, 0.2) is 36.7 Å². The van der Waals surface area contributed by atoms with E-state index < -0.39 is 0 Å². The Morgan fingerprint density at radius 1 is 1.22 bits per heavy atom. The van der Waals surface area contributed by atoms with Crippen LogP contribution in [0.5, 0.6) is 11.5 Å². The van der Waals surface area contributed by atoms with Crippen molar-refractivity contribution >= 4 is 29.5 Å². The van der Waals surface area contributed by atoms with Crippen molar-refractivity contribution in [1.29, 1.82) is 0 Å². The Morgan fingerprint density at radius 2 is 1.97 bits per heavy atom. The van der Waals surface area contributed by atoms with E-state index in [0.29, 0.717) is 29.7 Å². The third-order valence-corrected chi connectivity index (χ3v) is 5.34. The van der Waals surface area contributed by atoms with E-state index in [-0.39, 0.29) is 5.91 Å². The Hall–Kier alpha value is -2.84. The van der Waals surface area contributed by atoms with E-state index in [4.69, 9.17) is 21.1 Å². The number of carbonyl (C=O) groups is 1. The second kappa shape index (κ2) is 12.3. The fourth-order valence-electron chi connectivity index (χ4n) is 3.37. The fourth-order valence-corrected chi connectivity index (χ4v) is 3.65. The van der Waals surface area contributed by atoms with E-state index in [1.54, 1.807) is 37.7 Å². The van der Waals surface area contributed by atoms with Gasteiger partial charge in [-0.05, 0) is 36.3 Å². The number of benzene rings is 1. The zero-order valence-corrected chi connectivity index (χ0v) is 19.3. The van der Waals surface area contributed by atoms with Gasteiger partial charge in [0.05, 0.1) is 18.7 Å². The molecule has 2 aromatic rings. The van der Waals surface area contributed by atoms with Crippen LogP contribution in [0, 0.1) is 0 Å². The molecule has 9 heteroatoms. The molecule has 1 aliphatic heterocycles. The lowest BCUT2D eigenvalue weighted by molar-refractivity contribution is -0.116. The minimum Gasteiger partial charge on any atom is -0.493 e. The van der Waals surface area contributed by atoms with Crippen molar-refractivity contribution in [2.24, 2.45) is 0 Å². The first-order chi connectivity index (χ1) is 15.6. The second-order valence-corrected chi connectivity index (χ2v) is 7.79. The minimum atomic E-state index is -0.150. The molecule has 172 valence electrons. The summed E-state index contributed by atoms with van der Waals surface area (Å²) in [7, 11) is 1.57. The Balaban J connectivity index is 1.43. The predicted octanol–water partition coefficient (Wildman–Crippen LogP) is 2.88. The summed E-state index contributed by atoms with van der Waals surface area (Å²) in [4.78, 5) is 25.3. The maximum atomic E-state index is 12.2. The lowest BCUT2D eigenvalue weighted by Gasteiger charge is -2.34. The van der Waals surface area contributed by atoms with Crippen LogP contribution in [0.3, 0.4) is 0 Å². The van der Waals surface area contributed by atoms with E-state index >= 15 is 0 Å². The number of piperazine rings is 1. The number of anilines is 1. The van der Waals surface area contributed by atoms with Crippen LogP contribution < -0.4 is 19.7 Å². The van der Waals surface area contributed by atoms with Gasteiger partial charge in [-0.3, -0.25) is 9.69 Å². The summed E-state index contributed by atoms with van der Waals surface area (Å²) in [6, 6.07) is 5.38. The Morgan fingerprint density at radius 3 is 2.66 bits per heavy atom. The molecule has 0 unspecified atom stereocenters. The molecule has 1 N–H and O–H groups in total. The molecule has 1 aliphatic rings. The molecule has 0 bridgehead atoms. The fraction of sp³-hybridized carbons (Fsp3) is 0.435. The number of rotatable bonds is 10. The molecular weight excluding hydrogens is 430 g/mol. The maximum Gasteiger partial charge on any atom is 0.244 e. The largest absolute Gasteiger partial charge is 0.493 e. The number of ether oxygens (including phenoxy) is 2. The first-order valence-electron chi connectivity index (χ1n) is 10.8. The highest BCUT2D eigenvalue weighted by Gasteiger charge is 2.18. The average Bonchev–Trinajstić information content (AvgIpc) is 2.82. The minimum absolute atomic E-state index is 0.150. The molecule has 1 aromatic heterocycles. The number of carbonyl (C=O) groups excluding carboxylic acids is 1. The summed E-state index contributed by atoms with van der Waals surface area (Å²) in [6.45, 7) is 7.53. The van der Waals surface area contributed by atoms with Crippen molar-refractivity contribution in [2.75, 3.05) is 57.9 Å². The number of halogens is 1. The number of aromatic nitrogens is 2. The molecule has 1 amide bonds. The predicted molar refractivity (Wildman–Crippen MR) is 127 cm³/mol. The monoisotopic (exact) mass is 459 g/mol. The van der Waals surface area contributed by atoms with Gasteiger partial charge < -0.3 is 19.7 Å². The summed E-state index contributed by atoms with van der Waals surface area (Å²) in [5, 5.41) is 3.39. The van der Waals surface area contributed by atoms with Crippen molar-refractivity contribution < 1.29 is 14.3 Å². The SMILES string of the molecule is CCCOc1c(Cl)cc(/C=C/C(=O)NCCN2CCN(c3ncccn3)CC2)cc1OC. The lowest BCUT2D eigenvalue weighted by atomic mass is 10.2. The molecule has 32 heavy (non-hydrogen) atoms.